The molecular formula is C23H49ClN2. The summed E-state index contributed by atoms with van der Waals surface area (Å²) in [6, 6.07) is 0. The average molecular weight is 389 g/mol. The molecule has 0 aliphatic carbocycles. The molecule has 0 radical (unpaired) electrons. The van der Waals surface area contributed by atoms with Crippen LogP contribution in [0, 0.1) is 0 Å². The average Bonchev–Trinajstić information content (AvgIpc) is 2.65. The summed E-state index contributed by atoms with van der Waals surface area (Å²) in [5, 5.41) is 4.76. The van der Waals surface area contributed by atoms with Crippen LogP contribution in [-0.4, -0.2) is 43.1 Å². The molecule has 0 aliphatic heterocycles. The van der Waals surface area contributed by atoms with Crippen LogP contribution in [0.15, 0.2) is 0 Å². The number of hydrogen-bond acceptors (Lipinski definition) is 2. The summed E-state index contributed by atoms with van der Waals surface area (Å²) in [4.78, 5) is 0. The molecule has 0 bridgehead atoms. The molecular weight excluding hydrogens is 340 g/mol. The van der Waals surface area contributed by atoms with Crippen molar-refractivity contribution < 1.29 is 0 Å². The quantitative estimate of drug-likeness (QED) is 0.113. The Hall–Kier alpha value is 0.210. The molecule has 0 rings (SSSR count). The van der Waals surface area contributed by atoms with Crippen LogP contribution in [0.3, 0.4) is 0 Å². The fourth-order valence-electron chi connectivity index (χ4n) is 3.49. The van der Waals surface area contributed by atoms with Gasteiger partial charge in [0.15, 0.2) is 0 Å². The zero-order chi connectivity index (χ0) is 19.3. The van der Waals surface area contributed by atoms with Gasteiger partial charge in [-0.25, -0.2) is 10.0 Å². The SMILES string of the molecule is CCCCCCCCCCCCCCCCN(C)N(C)CCCCCCl. The molecule has 158 valence electrons. The Kier molecular flexibility index (Phi) is 21.7. The molecule has 0 aromatic rings. The van der Waals surface area contributed by atoms with Crippen molar-refractivity contribution in [3.8, 4) is 0 Å². The molecule has 0 amide bonds. The van der Waals surface area contributed by atoms with Crippen molar-refractivity contribution in [2.24, 2.45) is 0 Å². The monoisotopic (exact) mass is 388 g/mol. The van der Waals surface area contributed by atoms with Crippen molar-refractivity contribution in [3.63, 3.8) is 0 Å². The van der Waals surface area contributed by atoms with Crippen molar-refractivity contribution in [3.05, 3.63) is 0 Å². The first-order valence-corrected chi connectivity index (χ1v) is 12.2. The maximum Gasteiger partial charge on any atom is 0.0223 e. The van der Waals surface area contributed by atoms with Gasteiger partial charge in [-0.2, -0.15) is 0 Å². The number of rotatable bonds is 21. The highest BCUT2D eigenvalue weighted by Crippen LogP contribution is 2.13. The van der Waals surface area contributed by atoms with E-state index in [1.54, 1.807) is 0 Å². The van der Waals surface area contributed by atoms with E-state index in [0.717, 1.165) is 18.8 Å². The van der Waals surface area contributed by atoms with Crippen molar-refractivity contribution >= 4 is 11.6 Å². The number of halogens is 1. The fourth-order valence-corrected chi connectivity index (χ4v) is 3.68. The first-order valence-electron chi connectivity index (χ1n) is 11.7. The summed E-state index contributed by atoms with van der Waals surface area (Å²) in [6.45, 7) is 4.65. The molecule has 0 spiro atoms. The smallest absolute Gasteiger partial charge is 0.0223 e. The van der Waals surface area contributed by atoms with Gasteiger partial charge in [0.05, 0.1) is 0 Å². The van der Waals surface area contributed by atoms with E-state index in [-0.39, 0.29) is 0 Å². The van der Waals surface area contributed by atoms with Crippen molar-refractivity contribution in [1.82, 2.24) is 10.0 Å². The number of unbranched alkanes of at least 4 members (excludes halogenated alkanes) is 15. The number of hydrazine groups is 1. The predicted octanol–water partition coefficient (Wildman–Crippen LogP) is 7.66. The van der Waals surface area contributed by atoms with Crippen LogP contribution in [0.4, 0.5) is 0 Å². The van der Waals surface area contributed by atoms with E-state index in [0.29, 0.717) is 0 Å². The molecule has 0 aromatic heterocycles. The summed E-state index contributed by atoms with van der Waals surface area (Å²) in [5.74, 6) is 0.804. The first kappa shape index (κ1) is 26.2. The lowest BCUT2D eigenvalue weighted by atomic mass is 10.0. The molecule has 0 unspecified atom stereocenters. The summed E-state index contributed by atoms with van der Waals surface area (Å²) in [7, 11) is 4.44. The van der Waals surface area contributed by atoms with Gasteiger partial charge in [0.25, 0.3) is 0 Å². The second-order valence-corrected chi connectivity index (χ2v) is 8.49. The molecule has 0 aliphatic rings. The zero-order valence-corrected chi connectivity index (χ0v) is 19.2. The van der Waals surface area contributed by atoms with E-state index in [1.165, 1.54) is 109 Å². The second-order valence-electron chi connectivity index (χ2n) is 8.11. The standard InChI is InChI=1S/C23H49ClN2/c1-4-5-6-7-8-9-10-11-12-13-14-15-16-19-22-25(2)26(3)23-20-17-18-21-24/h4-23H2,1-3H3. The Balaban J connectivity index is 3.22. The Bertz CT molecular complexity index is 261. The van der Waals surface area contributed by atoms with Crippen molar-refractivity contribution in [2.75, 3.05) is 33.1 Å². The third kappa shape index (κ3) is 19.0. The Morgan fingerprint density at radius 3 is 1.12 bits per heavy atom. The van der Waals surface area contributed by atoms with Crippen LogP contribution < -0.4 is 0 Å². The third-order valence-corrected chi connectivity index (χ3v) is 5.80. The molecule has 0 fully saturated rings. The van der Waals surface area contributed by atoms with Gasteiger partial charge in [0.2, 0.25) is 0 Å². The van der Waals surface area contributed by atoms with Gasteiger partial charge in [-0.1, -0.05) is 96.8 Å². The lowest BCUT2D eigenvalue weighted by Crippen LogP contribution is -2.37. The molecule has 0 aromatic carbocycles. The molecule has 26 heavy (non-hydrogen) atoms. The van der Waals surface area contributed by atoms with E-state index < -0.39 is 0 Å². The minimum atomic E-state index is 0.804. The minimum Gasteiger partial charge on any atom is -0.245 e. The summed E-state index contributed by atoms with van der Waals surface area (Å²) >= 11 is 5.73. The maximum absolute atomic E-state index is 5.73. The van der Waals surface area contributed by atoms with Crippen LogP contribution in [0.25, 0.3) is 0 Å². The fraction of sp³-hybridized carbons (Fsp3) is 1.00. The molecule has 0 saturated heterocycles. The van der Waals surface area contributed by atoms with E-state index in [4.69, 9.17) is 11.6 Å². The van der Waals surface area contributed by atoms with Crippen molar-refractivity contribution in [1.29, 1.82) is 0 Å². The Morgan fingerprint density at radius 2 is 0.769 bits per heavy atom. The van der Waals surface area contributed by atoms with Gasteiger partial charge in [0, 0.05) is 33.1 Å². The van der Waals surface area contributed by atoms with E-state index in [2.05, 4.69) is 31.0 Å². The maximum atomic E-state index is 5.73. The van der Waals surface area contributed by atoms with Gasteiger partial charge in [-0.05, 0) is 19.3 Å². The highest BCUT2D eigenvalue weighted by Gasteiger charge is 2.04. The van der Waals surface area contributed by atoms with Crippen LogP contribution in [0.5, 0.6) is 0 Å². The van der Waals surface area contributed by atoms with Crippen LogP contribution in [-0.2, 0) is 0 Å². The highest BCUT2D eigenvalue weighted by molar-refractivity contribution is 6.17. The van der Waals surface area contributed by atoms with Gasteiger partial charge >= 0.3 is 0 Å². The highest BCUT2D eigenvalue weighted by atomic mass is 35.5. The Morgan fingerprint density at radius 1 is 0.462 bits per heavy atom. The lowest BCUT2D eigenvalue weighted by Gasteiger charge is -2.28. The number of alkyl halides is 1. The Labute approximate surface area is 171 Å². The van der Waals surface area contributed by atoms with E-state index in [1.807, 2.05) is 0 Å². The molecule has 0 heterocycles. The van der Waals surface area contributed by atoms with Gasteiger partial charge in [-0.15, -0.1) is 11.6 Å². The van der Waals surface area contributed by atoms with E-state index in [9.17, 15) is 0 Å². The lowest BCUT2D eigenvalue weighted by molar-refractivity contribution is 0.0241. The minimum absolute atomic E-state index is 0.804. The summed E-state index contributed by atoms with van der Waals surface area (Å²) < 4.78 is 0. The van der Waals surface area contributed by atoms with Crippen LogP contribution in [0.1, 0.15) is 116 Å². The van der Waals surface area contributed by atoms with E-state index >= 15 is 0 Å². The zero-order valence-electron chi connectivity index (χ0n) is 18.4. The molecule has 0 N–H and O–H groups in total. The predicted molar refractivity (Wildman–Crippen MR) is 120 cm³/mol. The topological polar surface area (TPSA) is 6.48 Å². The summed E-state index contributed by atoms with van der Waals surface area (Å²) in [6.07, 6.45) is 23.7. The van der Waals surface area contributed by atoms with Gasteiger partial charge in [0.1, 0.15) is 0 Å². The van der Waals surface area contributed by atoms with Gasteiger partial charge < -0.3 is 0 Å². The largest absolute Gasteiger partial charge is 0.245 e. The molecule has 0 saturated carbocycles. The second kappa shape index (κ2) is 21.5. The molecule has 0 atom stereocenters. The summed E-state index contributed by atoms with van der Waals surface area (Å²) in [5.41, 5.74) is 0. The molecule has 2 nitrogen and oxygen atoms in total. The number of hydrogen-bond donors (Lipinski definition) is 0. The third-order valence-electron chi connectivity index (χ3n) is 5.53. The number of nitrogens with zero attached hydrogens (tertiary/aromatic N) is 2. The van der Waals surface area contributed by atoms with Crippen molar-refractivity contribution in [2.45, 2.75) is 116 Å². The molecule has 3 heteroatoms. The normalized spacial score (nSPS) is 11.8. The first-order chi connectivity index (χ1) is 12.7. The van der Waals surface area contributed by atoms with Crippen LogP contribution >= 0.6 is 11.6 Å². The van der Waals surface area contributed by atoms with Crippen LogP contribution in [0.2, 0.25) is 0 Å². The van der Waals surface area contributed by atoms with Gasteiger partial charge in [-0.3, -0.25) is 0 Å².